The second kappa shape index (κ2) is 10.6. The number of carboxylic acids is 1. The normalized spacial score (nSPS) is 24.0. The molecule has 4 N–H and O–H groups in total. The van der Waals surface area contributed by atoms with Crippen molar-refractivity contribution in [2.45, 2.75) is 35.5 Å². The molecule has 0 saturated carbocycles. The molecule has 2 aliphatic rings. The first-order valence-electron chi connectivity index (χ1n) is 10.4. The number of fused-ring (bicyclic) bond motifs is 1. The molecule has 4 heterocycles. The molecule has 2 fully saturated rings. The van der Waals surface area contributed by atoms with E-state index >= 15 is 0 Å². The van der Waals surface area contributed by atoms with Crippen LogP contribution in [0.15, 0.2) is 9.50 Å². The zero-order valence-corrected chi connectivity index (χ0v) is 21.9. The van der Waals surface area contributed by atoms with E-state index in [4.69, 9.17) is 10.6 Å². The number of nitrogen functional groups attached to an aromatic ring is 1. The number of β-lactam (4-membered cyclic amide) rings is 1. The monoisotopic (exact) mass is 558 g/mol. The number of hydrogen-bond acceptors (Lipinski definition) is 14. The Labute approximate surface area is 216 Å². The van der Waals surface area contributed by atoms with E-state index < -0.39 is 23.3 Å². The summed E-state index contributed by atoms with van der Waals surface area (Å²) in [6.45, 7) is 2.10. The van der Waals surface area contributed by atoms with Crippen LogP contribution in [0.2, 0.25) is 0 Å². The number of thioether (sulfide) groups is 2. The summed E-state index contributed by atoms with van der Waals surface area (Å²) in [5.41, 5.74) is 4.24. The minimum absolute atomic E-state index is 0.00698. The van der Waals surface area contributed by atoms with Gasteiger partial charge in [-0.05, 0) is 6.42 Å². The molecule has 13 nitrogen and oxygen atoms in total. The van der Waals surface area contributed by atoms with Crippen molar-refractivity contribution in [1.82, 2.24) is 29.8 Å². The van der Waals surface area contributed by atoms with Crippen molar-refractivity contribution in [2.24, 2.45) is 10.6 Å². The van der Waals surface area contributed by atoms with Crippen LogP contribution in [0.25, 0.3) is 0 Å². The Kier molecular flexibility index (Phi) is 7.77. The molecule has 0 radical (unpaired) electrons. The van der Waals surface area contributed by atoms with Gasteiger partial charge in [-0.2, -0.15) is 9.36 Å². The summed E-state index contributed by atoms with van der Waals surface area (Å²) in [5, 5.41) is 25.3. The second-order valence-electron chi connectivity index (χ2n) is 7.78. The van der Waals surface area contributed by atoms with Crippen LogP contribution in [0.3, 0.4) is 0 Å². The zero-order chi connectivity index (χ0) is 25.2. The lowest BCUT2D eigenvalue weighted by molar-refractivity contribution is -0.157. The van der Waals surface area contributed by atoms with Crippen LogP contribution in [0.5, 0.6) is 0 Å². The average Bonchev–Trinajstić information content (AvgIpc) is 3.48. The topological polar surface area (TPSA) is 186 Å². The second-order valence-corrected chi connectivity index (χ2v) is 12.0. The number of carbonyl (C=O) groups is 3. The van der Waals surface area contributed by atoms with Crippen LogP contribution >= 0.6 is 46.4 Å². The van der Waals surface area contributed by atoms with Gasteiger partial charge in [0.2, 0.25) is 17.4 Å². The maximum atomic E-state index is 12.9. The quantitative estimate of drug-likeness (QED) is 0.159. The number of anilines is 1. The van der Waals surface area contributed by atoms with Gasteiger partial charge in [0.15, 0.2) is 9.47 Å². The molecule has 17 heteroatoms. The predicted molar refractivity (Wildman–Crippen MR) is 132 cm³/mol. The van der Waals surface area contributed by atoms with Crippen molar-refractivity contribution in [2.75, 3.05) is 30.9 Å². The smallest absolute Gasteiger partial charge is 0.313 e. The van der Waals surface area contributed by atoms with Gasteiger partial charge in [-0.15, -0.1) is 22.0 Å². The van der Waals surface area contributed by atoms with E-state index in [-0.39, 0.29) is 46.0 Å². The summed E-state index contributed by atoms with van der Waals surface area (Å²) in [6.07, 6.45) is 1.79. The number of aryl methyl sites for hydroxylation is 1. The Bertz CT molecular complexity index is 1160. The number of aromatic nitrogens is 4. The van der Waals surface area contributed by atoms with Gasteiger partial charge in [-0.1, -0.05) is 35.2 Å². The van der Waals surface area contributed by atoms with Crippen molar-refractivity contribution in [3.8, 4) is 0 Å². The van der Waals surface area contributed by atoms with Gasteiger partial charge >= 0.3 is 5.97 Å². The van der Waals surface area contributed by atoms with Crippen molar-refractivity contribution >= 4 is 75.0 Å². The molecule has 2 aliphatic heterocycles. The number of rotatable bonds is 10. The molecule has 2 amide bonds. The number of nitrogens with one attached hydrogen (secondary N) is 1. The minimum atomic E-state index is -1.14. The van der Waals surface area contributed by atoms with E-state index in [1.807, 2.05) is 0 Å². The Hall–Kier alpha value is -2.50. The molecule has 0 aliphatic carbocycles. The molecular weight excluding hydrogens is 537 g/mol. The molecular formula is C18H22N8O5S4. The highest BCUT2D eigenvalue weighted by molar-refractivity contribution is 8.01. The Morgan fingerprint density at radius 2 is 2.23 bits per heavy atom. The van der Waals surface area contributed by atoms with Gasteiger partial charge in [-0.25, -0.2) is 0 Å². The molecule has 2 saturated heterocycles. The highest BCUT2D eigenvalue weighted by atomic mass is 32.2. The molecule has 188 valence electrons. The number of carboxylic acid groups (broad SMARTS) is 1. The van der Waals surface area contributed by atoms with Crippen molar-refractivity contribution in [1.29, 1.82) is 0 Å². The molecule has 2 aromatic rings. The SMILES string of the molecule is CCCc1nnc(SCC2(C(=O)O)CS[C@@H]3C(NC(=O)C(=NOC)c4nsc(N)n4)C(=O)N3C2)s1. The van der Waals surface area contributed by atoms with Crippen LogP contribution < -0.4 is 11.1 Å². The van der Waals surface area contributed by atoms with E-state index in [1.165, 1.54) is 46.9 Å². The van der Waals surface area contributed by atoms with Crippen LogP contribution in [0, 0.1) is 5.41 Å². The predicted octanol–water partition coefficient (Wildman–Crippen LogP) is 0.538. The molecule has 2 aromatic heterocycles. The highest BCUT2D eigenvalue weighted by Crippen LogP contribution is 2.44. The van der Waals surface area contributed by atoms with E-state index in [0.717, 1.165) is 29.4 Å². The lowest BCUT2D eigenvalue weighted by Gasteiger charge is -2.53. The zero-order valence-electron chi connectivity index (χ0n) is 18.7. The number of aliphatic carboxylic acids is 1. The number of amides is 2. The lowest BCUT2D eigenvalue weighted by atomic mass is 9.89. The highest BCUT2D eigenvalue weighted by Gasteiger charge is 2.57. The maximum absolute atomic E-state index is 12.9. The number of hydrogen-bond donors (Lipinski definition) is 3. The molecule has 0 bridgehead atoms. The van der Waals surface area contributed by atoms with Gasteiger partial charge in [0.1, 0.15) is 28.9 Å². The summed E-state index contributed by atoms with van der Waals surface area (Å²) in [5.74, 6) is -1.50. The minimum Gasteiger partial charge on any atom is -0.481 e. The standard InChI is InChI=1S/C18H22N8O5S4/c1-3-4-8-22-23-17(34-8)33-7-18(15(29)30)5-26-13(28)10(14(26)32-6-18)20-12(27)9(24-31-2)11-21-16(19)35-25-11/h10,14H,3-7H2,1-2H3,(H,20,27)(H,29,30)(H2,19,21,25)/t10?,14-,18?/m1/s1. The van der Waals surface area contributed by atoms with Crippen LogP contribution in [-0.4, -0.2) is 89.6 Å². The first-order chi connectivity index (χ1) is 16.8. The number of nitrogens with zero attached hydrogens (tertiary/aromatic N) is 6. The summed E-state index contributed by atoms with van der Waals surface area (Å²) in [7, 11) is 1.27. The van der Waals surface area contributed by atoms with E-state index in [1.54, 1.807) is 0 Å². The van der Waals surface area contributed by atoms with Gasteiger partial charge in [0, 0.05) is 36.0 Å². The lowest BCUT2D eigenvalue weighted by Crippen LogP contribution is -2.74. The van der Waals surface area contributed by atoms with Crippen molar-refractivity contribution in [3.63, 3.8) is 0 Å². The maximum Gasteiger partial charge on any atom is 0.313 e. The third-order valence-electron chi connectivity index (χ3n) is 5.32. The van der Waals surface area contributed by atoms with E-state index in [2.05, 4.69) is 37.0 Å². The third-order valence-corrected chi connectivity index (χ3v) is 9.86. The summed E-state index contributed by atoms with van der Waals surface area (Å²) in [4.78, 5) is 48.0. The fraction of sp³-hybridized carbons (Fsp3) is 0.556. The summed E-state index contributed by atoms with van der Waals surface area (Å²) < 4.78 is 4.67. The van der Waals surface area contributed by atoms with Crippen LogP contribution in [0.4, 0.5) is 5.13 Å². The number of nitrogens with two attached hydrogens (primary N) is 1. The van der Waals surface area contributed by atoms with E-state index in [9.17, 15) is 19.5 Å². The Morgan fingerprint density at radius 3 is 2.89 bits per heavy atom. The van der Waals surface area contributed by atoms with Gasteiger partial charge in [-0.3, -0.25) is 14.4 Å². The molecule has 0 spiro atoms. The molecule has 4 rings (SSSR count). The first-order valence-corrected chi connectivity index (χ1v) is 14.0. The van der Waals surface area contributed by atoms with Crippen LogP contribution in [-0.2, 0) is 25.6 Å². The molecule has 3 atom stereocenters. The largest absolute Gasteiger partial charge is 0.481 e. The Morgan fingerprint density at radius 1 is 1.43 bits per heavy atom. The average molecular weight is 559 g/mol. The van der Waals surface area contributed by atoms with Gasteiger partial charge in [0.05, 0.1) is 0 Å². The number of oxime groups is 1. The molecule has 2 unspecified atom stereocenters. The van der Waals surface area contributed by atoms with E-state index in [0.29, 0.717) is 4.34 Å². The number of carbonyl (C=O) groups excluding carboxylic acids is 2. The van der Waals surface area contributed by atoms with Crippen molar-refractivity contribution < 1.29 is 24.3 Å². The van der Waals surface area contributed by atoms with Gasteiger partial charge in [0.25, 0.3) is 5.91 Å². The van der Waals surface area contributed by atoms with Crippen molar-refractivity contribution in [3.05, 3.63) is 10.8 Å². The molecule has 35 heavy (non-hydrogen) atoms. The fourth-order valence-corrected chi connectivity index (χ4v) is 7.83. The first kappa shape index (κ1) is 25.6. The Balaban J connectivity index is 1.40. The van der Waals surface area contributed by atoms with Crippen LogP contribution in [0.1, 0.15) is 24.2 Å². The third kappa shape index (κ3) is 5.22. The summed E-state index contributed by atoms with van der Waals surface area (Å²) in [6, 6.07) is -0.829. The van der Waals surface area contributed by atoms with Gasteiger partial charge < -0.3 is 25.9 Å². The molecule has 0 aromatic carbocycles. The fourth-order valence-electron chi connectivity index (χ4n) is 3.53. The summed E-state index contributed by atoms with van der Waals surface area (Å²) >= 11 is 5.02.